The Hall–Kier alpha value is -5.37. The van der Waals surface area contributed by atoms with Gasteiger partial charge >= 0.3 is 0 Å². The molecule has 2 aliphatic heterocycles. The number of pyridine rings is 1. The van der Waals surface area contributed by atoms with Crippen molar-refractivity contribution < 1.29 is 36.7 Å². The lowest BCUT2D eigenvalue weighted by Gasteiger charge is -2.30. The number of allylic oxidation sites excluding steroid dienone is 1. The third-order valence-electron chi connectivity index (χ3n) is 11.1. The van der Waals surface area contributed by atoms with Gasteiger partial charge in [0.1, 0.15) is 29.5 Å². The largest absolute Gasteiger partial charge is 0.472 e. The number of hydrogen-bond donors (Lipinski definition) is 3. The Kier molecular flexibility index (Phi) is 9.78. The number of hydrogen-bond acceptors (Lipinski definition) is 8. The molecular weight excluding hydrogens is 726 g/mol. The molecule has 14 heteroatoms. The summed E-state index contributed by atoms with van der Waals surface area (Å²) in [6.07, 6.45) is 7.11. The molecule has 2 saturated carbocycles. The van der Waals surface area contributed by atoms with Crippen LogP contribution in [0.4, 0.5) is 4.39 Å². The van der Waals surface area contributed by atoms with Crippen molar-refractivity contribution in [2.45, 2.75) is 86.8 Å². The average Bonchev–Trinajstić information content (AvgIpc) is 4.10. The summed E-state index contributed by atoms with van der Waals surface area (Å²) in [7, 11) is -3.91. The molecule has 3 heterocycles. The predicted molar refractivity (Wildman–Crippen MR) is 203 cm³/mol. The number of para-hydroxylation sites is 1. The third kappa shape index (κ3) is 7.39. The number of nitrogens with one attached hydrogen (secondary N) is 3. The van der Waals surface area contributed by atoms with E-state index in [2.05, 4.69) is 15.4 Å². The first-order valence-corrected chi connectivity index (χ1v) is 20.4. The maximum absolute atomic E-state index is 14.7. The molecule has 0 radical (unpaired) electrons. The second kappa shape index (κ2) is 14.7. The van der Waals surface area contributed by atoms with Gasteiger partial charge in [0.25, 0.3) is 11.8 Å². The highest BCUT2D eigenvalue weighted by Gasteiger charge is 2.62. The third-order valence-corrected chi connectivity index (χ3v) is 12.9. The number of amides is 4. The van der Waals surface area contributed by atoms with Gasteiger partial charge in [-0.1, -0.05) is 73.5 Å². The van der Waals surface area contributed by atoms with Gasteiger partial charge in [-0.25, -0.2) is 17.8 Å². The molecule has 4 aromatic rings. The Morgan fingerprint density at radius 1 is 0.909 bits per heavy atom. The van der Waals surface area contributed by atoms with Gasteiger partial charge in [0.15, 0.2) is 0 Å². The zero-order valence-electron chi connectivity index (χ0n) is 30.1. The molecule has 1 aromatic heterocycles. The molecule has 1 saturated heterocycles. The summed E-state index contributed by atoms with van der Waals surface area (Å²) in [6.45, 7) is -0.0512. The van der Waals surface area contributed by atoms with Gasteiger partial charge in [0.05, 0.1) is 22.9 Å². The second-order valence-corrected chi connectivity index (χ2v) is 16.9. The number of aromatic nitrogens is 1. The maximum Gasteiger partial charge on any atom is 0.259 e. The SMILES string of the molecule is O=C(N[C@H]1CCCCC/C=C\[C@@H]2C[C@@]2(C(=O)NS(=O)(=O)C2CC2)NC(=O)[C@@H]2C[C@@H](Oc3nc4ccccc4c4ccccc34)CN2C1=O)c1ccccc1F. The molecule has 4 aliphatic rings. The van der Waals surface area contributed by atoms with Crippen molar-refractivity contribution in [2.75, 3.05) is 6.54 Å². The van der Waals surface area contributed by atoms with Gasteiger partial charge < -0.3 is 20.3 Å². The smallest absolute Gasteiger partial charge is 0.259 e. The van der Waals surface area contributed by atoms with Crippen molar-refractivity contribution in [3.63, 3.8) is 0 Å². The molecule has 55 heavy (non-hydrogen) atoms. The van der Waals surface area contributed by atoms with Crippen LogP contribution >= 0.6 is 0 Å². The zero-order valence-corrected chi connectivity index (χ0v) is 30.9. The van der Waals surface area contributed by atoms with Gasteiger partial charge in [-0.3, -0.25) is 23.9 Å². The highest BCUT2D eigenvalue weighted by molar-refractivity contribution is 7.91. The van der Waals surface area contributed by atoms with E-state index >= 15 is 0 Å². The van der Waals surface area contributed by atoms with Crippen LogP contribution in [0.3, 0.4) is 0 Å². The first kappa shape index (κ1) is 36.6. The molecular formula is C41H42FN5O7S. The molecule has 5 atom stereocenters. The summed E-state index contributed by atoms with van der Waals surface area (Å²) >= 11 is 0. The minimum absolute atomic E-state index is 0.0208. The van der Waals surface area contributed by atoms with E-state index in [9.17, 15) is 32.0 Å². The molecule has 3 aromatic carbocycles. The van der Waals surface area contributed by atoms with Crippen molar-refractivity contribution >= 4 is 55.3 Å². The van der Waals surface area contributed by atoms with Gasteiger partial charge in [-0.2, -0.15) is 0 Å². The maximum atomic E-state index is 14.7. The molecule has 0 bridgehead atoms. The molecule has 3 fully saturated rings. The van der Waals surface area contributed by atoms with Gasteiger partial charge in [0.2, 0.25) is 27.7 Å². The van der Waals surface area contributed by atoms with E-state index < -0.39 is 74.4 Å². The summed E-state index contributed by atoms with van der Waals surface area (Å²) in [6, 6.07) is 18.6. The molecule has 286 valence electrons. The predicted octanol–water partition coefficient (Wildman–Crippen LogP) is 4.68. The van der Waals surface area contributed by atoms with Gasteiger partial charge in [0, 0.05) is 23.1 Å². The van der Waals surface area contributed by atoms with Crippen molar-refractivity contribution in [1.82, 2.24) is 25.2 Å². The van der Waals surface area contributed by atoms with Crippen LogP contribution in [0.25, 0.3) is 21.7 Å². The molecule has 0 spiro atoms. The number of halogens is 1. The topological polar surface area (TPSA) is 164 Å². The Morgan fingerprint density at radius 3 is 2.42 bits per heavy atom. The molecule has 4 amide bonds. The summed E-state index contributed by atoms with van der Waals surface area (Å²) < 4.78 is 49.2. The molecule has 8 rings (SSSR count). The number of carbonyl (C=O) groups excluding carboxylic acids is 4. The van der Waals surface area contributed by atoms with E-state index in [1.54, 1.807) is 0 Å². The molecule has 2 aliphatic carbocycles. The molecule has 3 N–H and O–H groups in total. The number of fused-ring (bicyclic) bond motifs is 5. The monoisotopic (exact) mass is 767 g/mol. The first-order chi connectivity index (χ1) is 26.5. The Balaban J connectivity index is 1.13. The lowest BCUT2D eigenvalue weighted by molar-refractivity contribution is -0.141. The minimum atomic E-state index is -3.91. The van der Waals surface area contributed by atoms with Crippen molar-refractivity contribution in [3.8, 4) is 5.88 Å². The second-order valence-electron chi connectivity index (χ2n) is 15.0. The zero-order chi connectivity index (χ0) is 38.3. The highest BCUT2D eigenvalue weighted by Crippen LogP contribution is 2.46. The quantitative estimate of drug-likeness (QED) is 0.180. The van der Waals surface area contributed by atoms with E-state index in [4.69, 9.17) is 9.72 Å². The van der Waals surface area contributed by atoms with Crippen LogP contribution in [0.5, 0.6) is 5.88 Å². The van der Waals surface area contributed by atoms with E-state index in [0.717, 1.165) is 22.6 Å². The number of benzene rings is 3. The van der Waals surface area contributed by atoms with Crippen molar-refractivity contribution in [2.24, 2.45) is 5.92 Å². The van der Waals surface area contributed by atoms with Crippen molar-refractivity contribution in [3.05, 3.63) is 96.3 Å². The van der Waals surface area contributed by atoms with Crippen LogP contribution in [0.1, 0.15) is 68.1 Å². The lowest BCUT2D eigenvalue weighted by Crippen LogP contribution is -2.58. The number of ether oxygens (including phenoxy) is 1. The van der Waals surface area contributed by atoms with Crippen molar-refractivity contribution in [1.29, 1.82) is 0 Å². The van der Waals surface area contributed by atoms with E-state index in [-0.39, 0.29) is 31.4 Å². The highest BCUT2D eigenvalue weighted by atomic mass is 32.2. The lowest BCUT2D eigenvalue weighted by atomic mass is 10.0. The Labute approximate surface area is 317 Å². The fraction of sp³-hybridized carbons (Fsp3) is 0.390. The molecule has 12 nitrogen and oxygen atoms in total. The summed E-state index contributed by atoms with van der Waals surface area (Å²) in [5.74, 6) is -3.63. The fourth-order valence-electron chi connectivity index (χ4n) is 7.85. The minimum Gasteiger partial charge on any atom is -0.472 e. The van der Waals surface area contributed by atoms with Gasteiger partial charge in [-0.15, -0.1) is 0 Å². The van der Waals surface area contributed by atoms with Crippen LogP contribution in [0, 0.1) is 11.7 Å². The number of sulfonamides is 1. The normalized spacial score (nSPS) is 26.5. The average molecular weight is 768 g/mol. The summed E-state index contributed by atoms with van der Waals surface area (Å²) in [5, 5.41) is 7.57. The number of carbonyl (C=O) groups is 4. The van der Waals surface area contributed by atoms with Crippen LogP contribution in [-0.2, 0) is 24.4 Å². The Bertz CT molecular complexity index is 2330. The molecule has 0 unspecified atom stereocenters. The van der Waals surface area contributed by atoms with Crippen LogP contribution in [-0.4, -0.2) is 77.5 Å². The first-order valence-electron chi connectivity index (χ1n) is 18.9. The van der Waals surface area contributed by atoms with E-state index in [0.29, 0.717) is 43.5 Å². The standard InChI is InChI=1S/C41H42FN5O7S/c42-32-17-10-8-16-31(32)36(48)43-34-19-5-3-1-2-4-12-25-23-41(25,40(51)46-55(52,53)27-20-21-27)45-37(49)35-22-26(24-47(35)39(34)50)54-38-30-15-7-6-13-28(30)29-14-9-11-18-33(29)44-38/h4,6-18,25-27,34-35H,1-3,5,19-24H2,(H,43,48)(H,45,49)(H,46,51)/b12-4-/t25-,26-,34+,35+,41-/m1/s1. The fourth-order valence-corrected chi connectivity index (χ4v) is 9.21. The van der Waals surface area contributed by atoms with Crippen LogP contribution in [0.15, 0.2) is 84.9 Å². The number of rotatable bonds is 7. The summed E-state index contributed by atoms with van der Waals surface area (Å²) in [4.78, 5) is 62.4. The summed E-state index contributed by atoms with van der Waals surface area (Å²) in [5.41, 5.74) is -1.04. The van der Waals surface area contributed by atoms with E-state index in [1.165, 1.54) is 29.2 Å². The van der Waals surface area contributed by atoms with Crippen LogP contribution in [0.2, 0.25) is 0 Å². The number of nitrogens with zero attached hydrogens (tertiary/aromatic N) is 2. The Morgan fingerprint density at radius 2 is 1.64 bits per heavy atom. The van der Waals surface area contributed by atoms with E-state index in [1.807, 2.05) is 60.7 Å². The van der Waals surface area contributed by atoms with Gasteiger partial charge in [-0.05, 0) is 68.2 Å². The van der Waals surface area contributed by atoms with Crippen LogP contribution < -0.4 is 20.1 Å².